The monoisotopic (exact) mass is 379 g/mol. The van der Waals surface area contributed by atoms with Gasteiger partial charge in [0.15, 0.2) is 0 Å². The summed E-state index contributed by atoms with van der Waals surface area (Å²) in [6.45, 7) is 7.14. The van der Waals surface area contributed by atoms with Gasteiger partial charge in [0.2, 0.25) is 0 Å². The van der Waals surface area contributed by atoms with Crippen molar-refractivity contribution in [2.45, 2.75) is 13.5 Å². The van der Waals surface area contributed by atoms with Crippen LogP contribution in [0.25, 0.3) is 10.6 Å². The summed E-state index contributed by atoms with van der Waals surface area (Å²) in [7, 11) is 1.74. The Balaban J connectivity index is 1.37. The average Bonchev–Trinajstić information content (AvgIpc) is 3.17. The highest BCUT2D eigenvalue weighted by molar-refractivity contribution is 7.13. The van der Waals surface area contributed by atoms with Gasteiger partial charge in [-0.1, -0.05) is 35.9 Å². The minimum Gasteiger partial charge on any atom is -0.495 e. The minimum absolute atomic E-state index is 0.919. The van der Waals surface area contributed by atoms with Crippen LogP contribution in [0.4, 0.5) is 5.69 Å². The lowest BCUT2D eigenvalue weighted by Crippen LogP contribution is -2.46. The summed E-state index contributed by atoms with van der Waals surface area (Å²) in [5, 5.41) is 3.31. The lowest BCUT2D eigenvalue weighted by molar-refractivity contribution is 0.247. The number of piperazine rings is 1. The number of rotatable bonds is 5. The zero-order valence-corrected chi connectivity index (χ0v) is 16.7. The maximum Gasteiger partial charge on any atom is 0.142 e. The van der Waals surface area contributed by atoms with Gasteiger partial charge in [0.1, 0.15) is 10.8 Å². The Labute approximate surface area is 165 Å². The molecule has 0 radical (unpaired) electrons. The van der Waals surface area contributed by atoms with Crippen molar-refractivity contribution in [3.05, 3.63) is 65.2 Å². The first kappa shape index (κ1) is 18.0. The molecule has 3 aromatic rings. The van der Waals surface area contributed by atoms with Crippen LogP contribution in [0.3, 0.4) is 0 Å². The van der Waals surface area contributed by atoms with Gasteiger partial charge in [-0.3, -0.25) is 4.90 Å². The number of aryl methyl sites for hydroxylation is 1. The molecule has 5 heteroatoms. The predicted octanol–water partition coefficient (Wildman–Crippen LogP) is 4.45. The van der Waals surface area contributed by atoms with Crippen LogP contribution in [-0.4, -0.2) is 43.2 Å². The predicted molar refractivity (Wildman–Crippen MR) is 113 cm³/mol. The highest BCUT2D eigenvalue weighted by atomic mass is 32.1. The van der Waals surface area contributed by atoms with Gasteiger partial charge >= 0.3 is 0 Å². The molecule has 4 rings (SSSR count). The summed E-state index contributed by atoms with van der Waals surface area (Å²) in [6.07, 6.45) is 0. The molecule has 2 aromatic carbocycles. The van der Waals surface area contributed by atoms with Gasteiger partial charge in [0.25, 0.3) is 0 Å². The summed E-state index contributed by atoms with van der Waals surface area (Å²) >= 11 is 1.74. The molecule has 2 heterocycles. The zero-order chi connectivity index (χ0) is 18.6. The molecule has 1 fully saturated rings. The molecular formula is C22H25N3OS. The molecule has 1 aromatic heterocycles. The van der Waals surface area contributed by atoms with Crippen LogP contribution in [0.1, 0.15) is 11.3 Å². The fourth-order valence-corrected chi connectivity index (χ4v) is 4.37. The molecule has 0 aliphatic carbocycles. The zero-order valence-electron chi connectivity index (χ0n) is 15.9. The van der Waals surface area contributed by atoms with Gasteiger partial charge in [-0.25, -0.2) is 4.98 Å². The maximum absolute atomic E-state index is 5.51. The van der Waals surface area contributed by atoms with Crippen molar-refractivity contribution >= 4 is 17.0 Å². The first-order valence-electron chi connectivity index (χ1n) is 9.35. The number of ether oxygens (including phenoxy) is 1. The number of methoxy groups -OCH3 is 1. The van der Waals surface area contributed by atoms with E-state index in [1.807, 2.05) is 12.1 Å². The summed E-state index contributed by atoms with van der Waals surface area (Å²) < 4.78 is 5.51. The third-order valence-electron chi connectivity index (χ3n) is 5.00. The summed E-state index contributed by atoms with van der Waals surface area (Å²) in [6, 6.07) is 16.8. The molecule has 0 spiro atoms. The SMILES string of the molecule is COc1ccccc1N1CCN(Cc2csc(-c3cccc(C)c3)n2)CC1. The van der Waals surface area contributed by atoms with Crippen molar-refractivity contribution in [1.29, 1.82) is 0 Å². The van der Waals surface area contributed by atoms with Gasteiger partial charge in [-0.15, -0.1) is 11.3 Å². The van der Waals surface area contributed by atoms with Crippen LogP contribution < -0.4 is 9.64 Å². The van der Waals surface area contributed by atoms with Crippen molar-refractivity contribution in [1.82, 2.24) is 9.88 Å². The molecule has 1 aliphatic rings. The highest BCUT2D eigenvalue weighted by Crippen LogP contribution is 2.29. The van der Waals surface area contributed by atoms with E-state index in [0.717, 1.165) is 43.5 Å². The fraction of sp³-hybridized carbons (Fsp3) is 0.318. The number of hydrogen-bond acceptors (Lipinski definition) is 5. The summed E-state index contributed by atoms with van der Waals surface area (Å²) in [4.78, 5) is 9.76. The van der Waals surface area contributed by atoms with Crippen molar-refractivity contribution < 1.29 is 4.74 Å². The minimum atomic E-state index is 0.919. The van der Waals surface area contributed by atoms with Crippen LogP contribution in [-0.2, 0) is 6.54 Å². The first-order chi connectivity index (χ1) is 13.2. The first-order valence-corrected chi connectivity index (χ1v) is 10.2. The second-order valence-electron chi connectivity index (χ2n) is 6.95. The maximum atomic E-state index is 5.51. The smallest absolute Gasteiger partial charge is 0.142 e. The molecule has 1 saturated heterocycles. The molecule has 0 unspecified atom stereocenters. The van der Waals surface area contributed by atoms with Crippen LogP contribution >= 0.6 is 11.3 Å². The van der Waals surface area contributed by atoms with E-state index in [2.05, 4.69) is 58.5 Å². The Kier molecular flexibility index (Phi) is 5.41. The third-order valence-corrected chi connectivity index (χ3v) is 5.94. The van der Waals surface area contributed by atoms with E-state index in [9.17, 15) is 0 Å². The number of thiazole rings is 1. The van der Waals surface area contributed by atoms with Crippen LogP contribution in [0, 0.1) is 6.92 Å². The molecule has 0 amide bonds. The summed E-state index contributed by atoms with van der Waals surface area (Å²) in [5.41, 5.74) is 4.85. The van der Waals surface area contributed by atoms with Gasteiger partial charge in [-0.2, -0.15) is 0 Å². The van der Waals surface area contributed by atoms with E-state index in [4.69, 9.17) is 9.72 Å². The second kappa shape index (κ2) is 8.11. The van der Waals surface area contributed by atoms with E-state index >= 15 is 0 Å². The van der Waals surface area contributed by atoms with E-state index in [1.165, 1.54) is 22.5 Å². The van der Waals surface area contributed by atoms with E-state index < -0.39 is 0 Å². The molecule has 0 atom stereocenters. The topological polar surface area (TPSA) is 28.6 Å². The Bertz CT molecular complexity index is 900. The molecule has 140 valence electrons. The lowest BCUT2D eigenvalue weighted by Gasteiger charge is -2.36. The van der Waals surface area contributed by atoms with E-state index in [-0.39, 0.29) is 0 Å². The quantitative estimate of drug-likeness (QED) is 0.655. The van der Waals surface area contributed by atoms with Gasteiger partial charge in [0.05, 0.1) is 18.5 Å². The van der Waals surface area contributed by atoms with Crippen LogP contribution in [0.15, 0.2) is 53.9 Å². The Morgan fingerprint density at radius 3 is 2.63 bits per heavy atom. The largest absolute Gasteiger partial charge is 0.495 e. The molecule has 0 bridgehead atoms. The molecule has 0 saturated carbocycles. The number of benzene rings is 2. The Morgan fingerprint density at radius 2 is 1.85 bits per heavy atom. The van der Waals surface area contributed by atoms with Gasteiger partial charge in [-0.05, 0) is 25.1 Å². The number of hydrogen-bond donors (Lipinski definition) is 0. The van der Waals surface area contributed by atoms with Crippen molar-refractivity contribution in [3.63, 3.8) is 0 Å². The highest BCUT2D eigenvalue weighted by Gasteiger charge is 2.20. The third kappa shape index (κ3) is 4.15. The second-order valence-corrected chi connectivity index (χ2v) is 7.81. The van der Waals surface area contributed by atoms with Crippen molar-refractivity contribution in [2.75, 3.05) is 38.2 Å². The Hall–Kier alpha value is -2.37. The van der Waals surface area contributed by atoms with Crippen LogP contribution in [0.2, 0.25) is 0 Å². The van der Waals surface area contributed by atoms with E-state index in [0.29, 0.717) is 0 Å². The number of nitrogens with zero attached hydrogens (tertiary/aromatic N) is 3. The number of aromatic nitrogens is 1. The summed E-state index contributed by atoms with van der Waals surface area (Å²) in [5.74, 6) is 0.952. The average molecular weight is 380 g/mol. The molecule has 27 heavy (non-hydrogen) atoms. The molecule has 4 nitrogen and oxygen atoms in total. The van der Waals surface area contributed by atoms with Gasteiger partial charge in [0, 0.05) is 43.7 Å². The number of para-hydroxylation sites is 2. The standard InChI is InChI=1S/C22H25N3OS/c1-17-6-5-7-18(14-17)22-23-19(16-27-22)15-24-10-12-25(13-11-24)20-8-3-4-9-21(20)26-2/h3-9,14,16H,10-13,15H2,1-2H3. The van der Waals surface area contributed by atoms with E-state index in [1.54, 1.807) is 18.4 Å². The lowest BCUT2D eigenvalue weighted by atomic mass is 10.1. The molecule has 1 aliphatic heterocycles. The number of anilines is 1. The fourth-order valence-electron chi connectivity index (χ4n) is 3.56. The van der Waals surface area contributed by atoms with Crippen molar-refractivity contribution in [2.24, 2.45) is 0 Å². The Morgan fingerprint density at radius 1 is 1.04 bits per heavy atom. The molecular weight excluding hydrogens is 354 g/mol. The molecule has 0 N–H and O–H groups in total. The normalized spacial score (nSPS) is 15.1. The van der Waals surface area contributed by atoms with Crippen LogP contribution in [0.5, 0.6) is 5.75 Å². The van der Waals surface area contributed by atoms with Crippen molar-refractivity contribution in [3.8, 4) is 16.3 Å². The van der Waals surface area contributed by atoms with Gasteiger partial charge < -0.3 is 9.64 Å².